The number of nitro groups is 1. The quantitative estimate of drug-likeness (QED) is 0.452. The van der Waals surface area contributed by atoms with E-state index in [0.29, 0.717) is 17.9 Å². The Kier molecular flexibility index (Phi) is 4.88. The maximum atomic E-state index is 12.9. The summed E-state index contributed by atoms with van der Waals surface area (Å²) in [7, 11) is 1.58. The second-order valence-electron chi connectivity index (χ2n) is 5.92. The number of para-hydroxylation sites is 1. The van der Waals surface area contributed by atoms with Crippen molar-refractivity contribution < 1.29 is 14.5 Å². The van der Waals surface area contributed by atoms with Gasteiger partial charge in [-0.15, -0.1) is 6.58 Å². The van der Waals surface area contributed by atoms with Gasteiger partial charge in [0.15, 0.2) is 0 Å². The molecular formula is C19H19N3O4. The smallest absolute Gasteiger partial charge is 0.325 e. The van der Waals surface area contributed by atoms with Gasteiger partial charge in [0, 0.05) is 23.9 Å². The molecule has 2 aromatic rings. The van der Waals surface area contributed by atoms with Crippen molar-refractivity contribution in [3.63, 3.8) is 0 Å². The van der Waals surface area contributed by atoms with Crippen LogP contribution in [0.15, 0.2) is 61.2 Å². The van der Waals surface area contributed by atoms with Crippen molar-refractivity contribution in [3.8, 4) is 5.75 Å². The van der Waals surface area contributed by atoms with Crippen LogP contribution < -0.4 is 9.64 Å². The van der Waals surface area contributed by atoms with E-state index in [1.165, 1.54) is 6.07 Å². The molecule has 0 N–H and O–H groups in total. The van der Waals surface area contributed by atoms with Gasteiger partial charge in [-0.3, -0.25) is 15.0 Å². The summed E-state index contributed by atoms with van der Waals surface area (Å²) in [6.45, 7) is 4.41. The van der Waals surface area contributed by atoms with Crippen molar-refractivity contribution in [3.05, 3.63) is 76.9 Å². The molecule has 3 rings (SSSR count). The first-order chi connectivity index (χ1) is 12.5. The van der Waals surface area contributed by atoms with Crippen LogP contribution in [0.5, 0.6) is 5.75 Å². The Labute approximate surface area is 151 Å². The lowest BCUT2D eigenvalue weighted by Gasteiger charge is -2.21. The third-order valence-corrected chi connectivity index (χ3v) is 4.39. The Morgan fingerprint density at radius 3 is 2.58 bits per heavy atom. The molecule has 1 atom stereocenters. The molecule has 2 amide bonds. The van der Waals surface area contributed by atoms with Crippen molar-refractivity contribution in [1.29, 1.82) is 0 Å². The van der Waals surface area contributed by atoms with Crippen molar-refractivity contribution in [1.82, 2.24) is 4.90 Å². The van der Waals surface area contributed by atoms with E-state index in [9.17, 15) is 14.9 Å². The number of anilines is 1. The van der Waals surface area contributed by atoms with Crippen LogP contribution in [0.3, 0.4) is 0 Å². The highest BCUT2D eigenvalue weighted by Crippen LogP contribution is 2.29. The first-order valence-electron chi connectivity index (χ1n) is 8.12. The molecule has 0 radical (unpaired) electrons. The fraction of sp³-hybridized carbons (Fsp3) is 0.211. The Bertz CT molecular complexity index is 835. The number of urea groups is 1. The van der Waals surface area contributed by atoms with E-state index in [0.717, 1.165) is 5.69 Å². The summed E-state index contributed by atoms with van der Waals surface area (Å²) >= 11 is 0. The van der Waals surface area contributed by atoms with Gasteiger partial charge in [0.2, 0.25) is 0 Å². The van der Waals surface area contributed by atoms with Crippen LogP contribution in [-0.4, -0.2) is 35.6 Å². The number of ether oxygens (including phenoxy) is 1. The summed E-state index contributed by atoms with van der Waals surface area (Å²) in [5.74, 6) is 0.701. The number of hydrogen-bond acceptors (Lipinski definition) is 4. The Morgan fingerprint density at radius 2 is 1.96 bits per heavy atom. The number of nitrogens with zero attached hydrogens (tertiary/aromatic N) is 3. The first-order valence-corrected chi connectivity index (χ1v) is 8.12. The number of amides is 2. The molecule has 134 valence electrons. The summed E-state index contributed by atoms with van der Waals surface area (Å²) in [5, 5.41) is 11.2. The minimum absolute atomic E-state index is 0.0124. The van der Waals surface area contributed by atoms with E-state index in [4.69, 9.17) is 4.74 Å². The predicted molar refractivity (Wildman–Crippen MR) is 98.4 cm³/mol. The van der Waals surface area contributed by atoms with Gasteiger partial charge >= 0.3 is 6.03 Å². The maximum Gasteiger partial charge on any atom is 0.325 e. The molecule has 2 aromatic carbocycles. The lowest BCUT2D eigenvalue weighted by atomic mass is 10.1. The Morgan fingerprint density at radius 1 is 1.27 bits per heavy atom. The number of nitro benzene ring substituents is 1. The predicted octanol–water partition coefficient (Wildman–Crippen LogP) is 3.60. The van der Waals surface area contributed by atoms with Gasteiger partial charge in [0.1, 0.15) is 5.75 Å². The third kappa shape index (κ3) is 3.23. The Hall–Kier alpha value is -3.35. The number of carbonyl (C=O) groups excluding carboxylic acids is 1. The molecule has 7 heteroatoms. The van der Waals surface area contributed by atoms with E-state index in [1.807, 2.05) is 12.1 Å². The zero-order valence-electron chi connectivity index (χ0n) is 14.4. The number of methoxy groups -OCH3 is 1. The van der Waals surface area contributed by atoms with Gasteiger partial charge in [-0.1, -0.05) is 24.3 Å². The summed E-state index contributed by atoms with van der Waals surface area (Å²) in [5.41, 5.74) is 1.24. The van der Waals surface area contributed by atoms with E-state index < -0.39 is 4.92 Å². The second kappa shape index (κ2) is 7.26. The van der Waals surface area contributed by atoms with Crippen LogP contribution >= 0.6 is 0 Å². The van der Waals surface area contributed by atoms with Crippen LogP contribution in [0.25, 0.3) is 0 Å². The molecule has 1 heterocycles. The fourth-order valence-electron chi connectivity index (χ4n) is 3.06. The van der Waals surface area contributed by atoms with Crippen molar-refractivity contribution in [2.24, 2.45) is 0 Å². The van der Waals surface area contributed by atoms with Crippen molar-refractivity contribution >= 4 is 17.4 Å². The number of hydrogen-bond donors (Lipinski definition) is 0. The molecule has 1 saturated heterocycles. The fourth-order valence-corrected chi connectivity index (χ4v) is 3.06. The maximum absolute atomic E-state index is 12.9. The zero-order valence-corrected chi connectivity index (χ0v) is 14.4. The lowest BCUT2D eigenvalue weighted by molar-refractivity contribution is -0.385. The van der Waals surface area contributed by atoms with Crippen LogP contribution in [0.2, 0.25) is 0 Å². The number of benzene rings is 2. The molecule has 1 aliphatic rings. The Balaban J connectivity index is 1.86. The molecule has 1 fully saturated rings. The first kappa shape index (κ1) is 17.5. The molecule has 0 saturated carbocycles. The number of rotatable bonds is 6. The highest BCUT2D eigenvalue weighted by atomic mass is 16.6. The SMILES string of the molecule is C=C[C@H]1CN(Cc2ccccc2[N+](=O)[O-])C(=O)N1c1ccc(OC)cc1. The van der Waals surface area contributed by atoms with Crippen molar-refractivity contribution in [2.45, 2.75) is 12.6 Å². The highest BCUT2D eigenvalue weighted by molar-refractivity contribution is 5.95. The summed E-state index contributed by atoms with van der Waals surface area (Å²) < 4.78 is 5.15. The lowest BCUT2D eigenvalue weighted by Crippen LogP contribution is -2.34. The molecule has 0 unspecified atom stereocenters. The largest absolute Gasteiger partial charge is 0.497 e. The van der Waals surface area contributed by atoms with E-state index in [2.05, 4.69) is 6.58 Å². The monoisotopic (exact) mass is 353 g/mol. The van der Waals surface area contributed by atoms with Gasteiger partial charge in [-0.2, -0.15) is 0 Å². The molecule has 0 spiro atoms. The van der Waals surface area contributed by atoms with Gasteiger partial charge in [-0.05, 0) is 24.3 Å². The average molecular weight is 353 g/mol. The van der Waals surface area contributed by atoms with Gasteiger partial charge < -0.3 is 9.64 Å². The minimum atomic E-state index is -0.428. The second-order valence-corrected chi connectivity index (χ2v) is 5.92. The number of carbonyl (C=O) groups is 1. The summed E-state index contributed by atoms with van der Waals surface area (Å²) in [6.07, 6.45) is 1.71. The summed E-state index contributed by atoms with van der Waals surface area (Å²) in [4.78, 5) is 26.9. The van der Waals surface area contributed by atoms with Crippen LogP contribution in [0, 0.1) is 10.1 Å². The van der Waals surface area contributed by atoms with Crippen LogP contribution in [0.4, 0.5) is 16.2 Å². The average Bonchev–Trinajstić information content (AvgIpc) is 2.97. The van der Waals surface area contributed by atoms with Crippen LogP contribution in [0.1, 0.15) is 5.56 Å². The third-order valence-electron chi connectivity index (χ3n) is 4.39. The van der Waals surface area contributed by atoms with E-state index >= 15 is 0 Å². The van der Waals surface area contributed by atoms with Gasteiger partial charge in [-0.25, -0.2) is 4.79 Å². The molecule has 0 bridgehead atoms. The molecular weight excluding hydrogens is 334 g/mol. The van der Waals surface area contributed by atoms with E-state index in [-0.39, 0.29) is 24.3 Å². The topological polar surface area (TPSA) is 75.9 Å². The van der Waals surface area contributed by atoms with Gasteiger partial charge in [0.05, 0.1) is 24.6 Å². The van der Waals surface area contributed by atoms with Gasteiger partial charge in [0.25, 0.3) is 5.69 Å². The molecule has 0 aromatic heterocycles. The van der Waals surface area contributed by atoms with Crippen molar-refractivity contribution in [2.75, 3.05) is 18.6 Å². The molecule has 0 aliphatic carbocycles. The van der Waals surface area contributed by atoms with Crippen LogP contribution in [-0.2, 0) is 6.54 Å². The molecule has 7 nitrogen and oxygen atoms in total. The summed E-state index contributed by atoms with van der Waals surface area (Å²) in [6, 6.07) is 13.2. The highest BCUT2D eigenvalue weighted by Gasteiger charge is 2.37. The normalized spacial score (nSPS) is 16.7. The minimum Gasteiger partial charge on any atom is -0.497 e. The standard InChI is InChI=1S/C19H19N3O4/c1-3-15-13-20(12-14-6-4-5-7-18(14)22(24)25)19(23)21(15)16-8-10-17(26-2)11-9-16/h3-11,15H,1,12-13H2,2H3/t15-/m0/s1. The zero-order chi connectivity index (χ0) is 18.7. The molecule has 1 aliphatic heterocycles. The van der Waals surface area contributed by atoms with E-state index in [1.54, 1.807) is 53.3 Å². The molecule has 26 heavy (non-hydrogen) atoms.